The van der Waals surface area contributed by atoms with Crippen LogP contribution in [-0.4, -0.2) is 28.3 Å². The molecular formula is C10H12N4O2S. The third-order valence-electron chi connectivity index (χ3n) is 2.74. The van der Waals surface area contributed by atoms with Gasteiger partial charge in [-0.3, -0.25) is 0 Å². The van der Waals surface area contributed by atoms with Crippen molar-refractivity contribution in [3.05, 3.63) is 11.5 Å². The summed E-state index contributed by atoms with van der Waals surface area (Å²) in [4.78, 5) is 9.38. The van der Waals surface area contributed by atoms with E-state index in [0.29, 0.717) is 23.5 Å². The topological polar surface area (TPSA) is 87.1 Å². The molecule has 1 atom stereocenters. The molecule has 17 heavy (non-hydrogen) atoms. The second-order valence-electron chi connectivity index (χ2n) is 3.98. The summed E-state index contributed by atoms with van der Waals surface area (Å²) in [5.74, 6) is 1.46. The van der Waals surface area contributed by atoms with Crippen molar-refractivity contribution in [1.82, 2.24) is 15.1 Å². The van der Waals surface area contributed by atoms with Gasteiger partial charge < -0.3 is 15.0 Å². The van der Waals surface area contributed by atoms with E-state index < -0.39 is 0 Å². The van der Waals surface area contributed by atoms with Crippen LogP contribution in [0.2, 0.25) is 0 Å². The van der Waals surface area contributed by atoms with Gasteiger partial charge in [-0.2, -0.15) is 4.98 Å². The molecule has 1 aliphatic rings. The fourth-order valence-corrected chi connectivity index (χ4v) is 2.60. The van der Waals surface area contributed by atoms with Gasteiger partial charge in [-0.15, -0.1) is 0 Å². The van der Waals surface area contributed by atoms with Gasteiger partial charge in [0.2, 0.25) is 0 Å². The average molecular weight is 252 g/mol. The normalized spacial score (nSPS) is 19.9. The largest absolute Gasteiger partial charge is 0.381 e. The Hall–Kier alpha value is -1.47. The number of anilines is 1. The maximum absolute atomic E-state index is 5.64. The van der Waals surface area contributed by atoms with Gasteiger partial charge in [-0.1, -0.05) is 16.5 Å². The summed E-state index contributed by atoms with van der Waals surface area (Å²) in [7, 11) is 0. The van der Waals surface area contributed by atoms with Crippen LogP contribution in [0.15, 0.2) is 4.52 Å². The third-order valence-corrected chi connectivity index (χ3v) is 3.72. The van der Waals surface area contributed by atoms with Crippen molar-refractivity contribution >= 4 is 16.5 Å². The van der Waals surface area contributed by atoms with E-state index in [2.05, 4.69) is 15.1 Å². The minimum absolute atomic E-state index is 0.248. The molecule has 3 heterocycles. The molecule has 1 saturated heterocycles. The highest BCUT2D eigenvalue weighted by Crippen LogP contribution is 2.31. The Morgan fingerprint density at radius 3 is 2.94 bits per heavy atom. The van der Waals surface area contributed by atoms with Crippen molar-refractivity contribution in [2.24, 2.45) is 0 Å². The lowest BCUT2D eigenvalue weighted by molar-refractivity contribution is 0.192. The summed E-state index contributed by atoms with van der Waals surface area (Å²) in [5, 5.41) is 4.51. The standard InChI is InChI=1S/C10H12N4O2S/c1-5-7(17-10(11)12-5)9-13-8(14-16-9)6-2-3-15-4-6/h6H,2-4H2,1H3,(H2,11,12)/t6-/m0/s1. The fraction of sp³-hybridized carbons (Fsp3) is 0.500. The van der Waals surface area contributed by atoms with Crippen LogP contribution in [0.25, 0.3) is 10.8 Å². The van der Waals surface area contributed by atoms with Crippen molar-refractivity contribution < 1.29 is 9.26 Å². The summed E-state index contributed by atoms with van der Waals surface area (Å²) in [6.07, 6.45) is 0.947. The Morgan fingerprint density at radius 1 is 1.41 bits per heavy atom. The molecule has 1 fully saturated rings. The molecule has 0 radical (unpaired) electrons. The summed E-state index contributed by atoms with van der Waals surface area (Å²) >= 11 is 1.36. The SMILES string of the molecule is Cc1nc(N)sc1-c1nc([C@H]2CCOC2)no1. The highest BCUT2D eigenvalue weighted by molar-refractivity contribution is 7.18. The number of nitrogens with two attached hydrogens (primary N) is 1. The van der Waals surface area contributed by atoms with Crippen molar-refractivity contribution in [2.75, 3.05) is 18.9 Å². The second kappa shape index (κ2) is 4.08. The summed E-state index contributed by atoms with van der Waals surface area (Å²) in [6, 6.07) is 0. The molecule has 0 aliphatic carbocycles. The molecule has 0 spiro atoms. The fourth-order valence-electron chi connectivity index (χ4n) is 1.85. The maximum atomic E-state index is 5.64. The van der Waals surface area contributed by atoms with Gasteiger partial charge in [0, 0.05) is 12.5 Å². The quantitative estimate of drug-likeness (QED) is 0.873. The monoisotopic (exact) mass is 252 g/mol. The molecule has 0 aromatic carbocycles. The molecule has 2 N–H and O–H groups in total. The number of rotatable bonds is 2. The number of nitrogens with zero attached hydrogens (tertiary/aromatic N) is 3. The maximum Gasteiger partial charge on any atom is 0.270 e. The van der Waals surface area contributed by atoms with Crippen LogP contribution >= 0.6 is 11.3 Å². The van der Waals surface area contributed by atoms with Crippen LogP contribution in [0.1, 0.15) is 23.9 Å². The summed E-state index contributed by atoms with van der Waals surface area (Å²) in [5.41, 5.74) is 6.47. The number of aryl methyl sites for hydroxylation is 1. The van der Waals surface area contributed by atoms with Gasteiger partial charge in [-0.05, 0) is 13.3 Å². The lowest BCUT2D eigenvalue weighted by Gasteiger charge is -1.97. The van der Waals surface area contributed by atoms with Crippen LogP contribution in [0, 0.1) is 6.92 Å². The molecule has 0 bridgehead atoms. The first-order valence-corrected chi connectivity index (χ1v) is 6.20. The van der Waals surface area contributed by atoms with Crippen LogP contribution in [0.3, 0.4) is 0 Å². The van der Waals surface area contributed by atoms with Gasteiger partial charge in [0.1, 0.15) is 4.88 Å². The van der Waals surface area contributed by atoms with Crippen LogP contribution < -0.4 is 5.73 Å². The van der Waals surface area contributed by atoms with E-state index in [1.165, 1.54) is 11.3 Å². The molecule has 2 aromatic heterocycles. The molecule has 0 unspecified atom stereocenters. The zero-order valence-corrected chi connectivity index (χ0v) is 10.2. The van der Waals surface area contributed by atoms with E-state index >= 15 is 0 Å². The molecule has 6 nitrogen and oxygen atoms in total. The average Bonchev–Trinajstić information content (AvgIpc) is 2.97. The second-order valence-corrected chi connectivity index (χ2v) is 5.02. The molecule has 0 amide bonds. The van der Waals surface area contributed by atoms with E-state index in [9.17, 15) is 0 Å². The number of hydrogen-bond acceptors (Lipinski definition) is 7. The van der Waals surface area contributed by atoms with E-state index in [4.69, 9.17) is 15.0 Å². The zero-order valence-electron chi connectivity index (χ0n) is 9.34. The van der Waals surface area contributed by atoms with Crippen molar-refractivity contribution in [2.45, 2.75) is 19.3 Å². The Kier molecular flexibility index (Phi) is 2.56. The van der Waals surface area contributed by atoms with Gasteiger partial charge in [0.15, 0.2) is 11.0 Å². The lowest BCUT2D eigenvalue weighted by Crippen LogP contribution is -1.99. The first-order chi connectivity index (χ1) is 8.24. The Labute approximate surface area is 102 Å². The van der Waals surface area contributed by atoms with E-state index in [0.717, 1.165) is 23.6 Å². The van der Waals surface area contributed by atoms with Gasteiger partial charge in [-0.25, -0.2) is 4.98 Å². The zero-order chi connectivity index (χ0) is 11.8. The smallest absolute Gasteiger partial charge is 0.270 e. The van der Waals surface area contributed by atoms with Crippen LogP contribution in [0.4, 0.5) is 5.13 Å². The minimum atomic E-state index is 0.248. The molecular weight excluding hydrogens is 240 g/mol. The van der Waals surface area contributed by atoms with E-state index in [-0.39, 0.29) is 5.92 Å². The minimum Gasteiger partial charge on any atom is -0.381 e. The van der Waals surface area contributed by atoms with Crippen LogP contribution in [-0.2, 0) is 4.74 Å². The predicted molar refractivity (Wildman–Crippen MR) is 62.7 cm³/mol. The van der Waals surface area contributed by atoms with E-state index in [1.54, 1.807) is 0 Å². The molecule has 1 aliphatic heterocycles. The van der Waals surface area contributed by atoms with Crippen LogP contribution in [0.5, 0.6) is 0 Å². The van der Waals surface area contributed by atoms with Crippen molar-refractivity contribution in [3.63, 3.8) is 0 Å². The Bertz CT molecular complexity index is 530. The predicted octanol–water partition coefficient (Wildman–Crippen LogP) is 1.59. The molecule has 7 heteroatoms. The van der Waals surface area contributed by atoms with Gasteiger partial charge in [0.25, 0.3) is 5.89 Å². The van der Waals surface area contributed by atoms with Crippen molar-refractivity contribution in [3.8, 4) is 10.8 Å². The summed E-state index contributed by atoms with van der Waals surface area (Å²) < 4.78 is 10.6. The Balaban J connectivity index is 1.91. The summed E-state index contributed by atoms with van der Waals surface area (Å²) in [6.45, 7) is 3.31. The van der Waals surface area contributed by atoms with E-state index in [1.807, 2.05) is 6.92 Å². The third kappa shape index (κ3) is 1.91. The first kappa shape index (κ1) is 10.7. The molecule has 0 saturated carbocycles. The first-order valence-electron chi connectivity index (χ1n) is 5.38. The number of thiazole rings is 1. The number of ether oxygens (including phenoxy) is 1. The molecule has 3 rings (SSSR count). The lowest BCUT2D eigenvalue weighted by atomic mass is 10.1. The van der Waals surface area contributed by atoms with Gasteiger partial charge >= 0.3 is 0 Å². The molecule has 2 aromatic rings. The number of nitrogen functional groups attached to an aromatic ring is 1. The number of hydrogen-bond donors (Lipinski definition) is 1. The highest BCUT2D eigenvalue weighted by atomic mass is 32.1. The molecule has 90 valence electrons. The Morgan fingerprint density at radius 2 is 2.29 bits per heavy atom. The van der Waals surface area contributed by atoms with Gasteiger partial charge in [0.05, 0.1) is 12.3 Å². The van der Waals surface area contributed by atoms with Crippen molar-refractivity contribution in [1.29, 1.82) is 0 Å². The highest BCUT2D eigenvalue weighted by Gasteiger charge is 2.24. The number of aromatic nitrogens is 3.